The van der Waals surface area contributed by atoms with Crippen LogP contribution in [0.4, 0.5) is 34.1 Å². The summed E-state index contributed by atoms with van der Waals surface area (Å²) in [6, 6.07) is 58.9. The molecular weight excluding hydrogens is 651 g/mol. The molecule has 0 atom stereocenters. The maximum Gasteiger partial charge on any atom is 0.252 e. The molecule has 7 aromatic carbocycles. The summed E-state index contributed by atoms with van der Waals surface area (Å²) in [6.45, 7) is 16.3. The van der Waals surface area contributed by atoms with Crippen LogP contribution >= 0.6 is 0 Å². The van der Waals surface area contributed by atoms with Crippen LogP contribution < -0.4 is 26.2 Å². The van der Waals surface area contributed by atoms with Gasteiger partial charge in [0.1, 0.15) is 0 Å². The SMILES string of the molecule is Cc1cc2c3c(c1)N(c1ccc(-c4ccccc4)cc1)c1ccc(C(C)(C)C)cc1B3c1cc(C(C)(C)C)ccc1N2c1ccc(-c2ccccc2)cc1. The van der Waals surface area contributed by atoms with E-state index in [-0.39, 0.29) is 17.5 Å². The molecule has 54 heavy (non-hydrogen) atoms. The lowest BCUT2D eigenvalue weighted by atomic mass is 9.33. The van der Waals surface area contributed by atoms with E-state index >= 15 is 0 Å². The van der Waals surface area contributed by atoms with Crippen molar-refractivity contribution in [3.8, 4) is 22.3 Å². The smallest absolute Gasteiger partial charge is 0.252 e. The number of rotatable bonds is 4. The number of fused-ring (bicyclic) bond motifs is 4. The van der Waals surface area contributed by atoms with Gasteiger partial charge >= 0.3 is 0 Å². The van der Waals surface area contributed by atoms with Gasteiger partial charge in [-0.1, -0.05) is 151 Å². The highest BCUT2D eigenvalue weighted by molar-refractivity contribution is 7.00. The second-order valence-corrected chi connectivity index (χ2v) is 17.2. The molecule has 3 heteroatoms. The predicted octanol–water partition coefficient (Wildman–Crippen LogP) is 12.0. The maximum atomic E-state index is 2.52. The maximum absolute atomic E-state index is 2.52. The van der Waals surface area contributed by atoms with Gasteiger partial charge in [0.05, 0.1) is 0 Å². The van der Waals surface area contributed by atoms with Gasteiger partial charge in [0.15, 0.2) is 0 Å². The lowest BCUT2D eigenvalue weighted by Crippen LogP contribution is -2.61. The zero-order chi connectivity index (χ0) is 37.4. The average molecular weight is 699 g/mol. The molecule has 0 saturated heterocycles. The molecule has 0 spiro atoms. The summed E-state index contributed by atoms with van der Waals surface area (Å²) in [5, 5.41) is 0. The molecule has 0 radical (unpaired) electrons. The van der Waals surface area contributed by atoms with E-state index in [2.05, 4.69) is 216 Å². The highest BCUT2D eigenvalue weighted by Crippen LogP contribution is 2.46. The normalized spacial score (nSPS) is 13.4. The Labute approximate surface area is 321 Å². The Balaban J connectivity index is 1.31. The quantitative estimate of drug-likeness (QED) is 0.169. The van der Waals surface area contributed by atoms with Crippen LogP contribution in [0.15, 0.2) is 158 Å². The molecule has 0 aromatic heterocycles. The molecule has 2 nitrogen and oxygen atoms in total. The van der Waals surface area contributed by atoms with Gasteiger partial charge in [0, 0.05) is 34.1 Å². The third kappa shape index (κ3) is 5.74. The molecule has 0 bridgehead atoms. The van der Waals surface area contributed by atoms with E-state index in [4.69, 9.17) is 0 Å². The number of hydrogen-bond donors (Lipinski definition) is 0. The molecule has 0 unspecified atom stereocenters. The fraction of sp³-hybridized carbons (Fsp3) is 0.176. The van der Waals surface area contributed by atoms with Gasteiger partial charge in [-0.15, -0.1) is 0 Å². The largest absolute Gasteiger partial charge is 0.311 e. The number of aryl methyl sites for hydroxylation is 1. The van der Waals surface area contributed by atoms with Gasteiger partial charge in [-0.3, -0.25) is 0 Å². The van der Waals surface area contributed by atoms with E-state index in [9.17, 15) is 0 Å². The summed E-state index contributed by atoms with van der Waals surface area (Å²) >= 11 is 0. The van der Waals surface area contributed by atoms with Crippen molar-refractivity contribution in [3.05, 3.63) is 174 Å². The molecule has 2 aliphatic rings. The molecule has 0 fully saturated rings. The molecule has 9 rings (SSSR count). The van der Waals surface area contributed by atoms with E-state index in [1.807, 2.05) is 0 Å². The Morgan fingerprint density at radius 3 is 1.13 bits per heavy atom. The van der Waals surface area contributed by atoms with Crippen molar-refractivity contribution in [3.63, 3.8) is 0 Å². The minimum absolute atomic E-state index is 0.00483. The van der Waals surface area contributed by atoms with Gasteiger partial charge in [0.2, 0.25) is 0 Å². The second kappa shape index (κ2) is 12.7. The summed E-state index contributed by atoms with van der Waals surface area (Å²) in [5.41, 5.74) is 20.2. The van der Waals surface area contributed by atoms with Gasteiger partial charge in [-0.2, -0.15) is 0 Å². The Morgan fingerprint density at radius 2 is 0.759 bits per heavy atom. The zero-order valence-corrected chi connectivity index (χ0v) is 32.5. The van der Waals surface area contributed by atoms with Crippen LogP contribution in [0.1, 0.15) is 58.2 Å². The van der Waals surface area contributed by atoms with Crippen molar-refractivity contribution < 1.29 is 0 Å². The lowest BCUT2D eigenvalue weighted by molar-refractivity contribution is 0.590. The van der Waals surface area contributed by atoms with E-state index in [1.54, 1.807) is 0 Å². The molecule has 2 aliphatic heterocycles. The second-order valence-electron chi connectivity index (χ2n) is 17.2. The van der Waals surface area contributed by atoms with Crippen molar-refractivity contribution in [2.24, 2.45) is 0 Å². The van der Waals surface area contributed by atoms with Crippen LogP contribution in [0, 0.1) is 6.92 Å². The Morgan fingerprint density at radius 1 is 0.389 bits per heavy atom. The third-order valence-corrected chi connectivity index (χ3v) is 11.4. The van der Waals surface area contributed by atoms with Gasteiger partial charge in [-0.25, -0.2) is 0 Å². The fourth-order valence-corrected chi connectivity index (χ4v) is 8.50. The van der Waals surface area contributed by atoms with Crippen molar-refractivity contribution in [1.29, 1.82) is 0 Å². The highest BCUT2D eigenvalue weighted by atomic mass is 15.2. The number of hydrogen-bond acceptors (Lipinski definition) is 2. The van der Waals surface area contributed by atoms with E-state index in [0.717, 1.165) is 0 Å². The summed E-state index contributed by atoms with van der Waals surface area (Å²) in [4.78, 5) is 5.04. The minimum Gasteiger partial charge on any atom is -0.311 e. The number of nitrogens with zero attached hydrogens (tertiary/aromatic N) is 2. The molecule has 264 valence electrons. The number of anilines is 6. The van der Waals surface area contributed by atoms with Gasteiger partial charge < -0.3 is 9.80 Å². The molecule has 0 aliphatic carbocycles. The van der Waals surface area contributed by atoms with Gasteiger partial charge in [0.25, 0.3) is 6.71 Å². The Bertz CT molecular complexity index is 2330. The molecule has 7 aromatic rings. The fourth-order valence-electron chi connectivity index (χ4n) is 8.50. The topological polar surface area (TPSA) is 6.48 Å². The molecular formula is C51H47BN2. The molecule has 2 heterocycles. The third-order valence-electron chi connectivity index (χ3n) is 11.4. The van der Waals surface area contributed by atoms with E-state index in [1.165, 1.54) is 89.5 Å². The summed E-state index contributed by atoms with van der Waals surface area (Å²) < 4.78 is 0. The predicted molar refractivity (Wildman–Crippen MR) is 233 cm³/mol. The molecule has 0 N–H and O–H groups in total. The first kappa shape index (κ1) is 34.0. The first-order chi connectivity index (χ1) is 26.0. The van der Waals surface area contributed by atoms with Crippen LogP contribution in [-0.2, 0) is 10.8 Å². The van der Waals surface area contributed by atoms with Crippen LogP contribution in [-0.4, -0.2) is 6.71 Å². The van der Waals surface area contributed by atoms with Crippen LogP contribution in [0.3, 0.4) is 0 Å². The first-order valence-electron chi connectivity index (χ1n) is 19.3. The van der Waals surface area contributed by atoms with Crippen molar-refractivity contribution in [2.75, 3.05) is 9.80 Å². The number of benzene rings is 7. The Hall–Kier alpha value is -5.80. The van der Waals surface area contributed by atoms with Crippen LogP contribution in [0.5, 0.6) is 0 Å². The van der Waals surface area contributed by atoms with Crippen LogP contribution in [0.2, 0.25) is 0 Å². The van der Waals surface area contributed by atoms with E-state index in [0.29, 0.717) is 0 Å². The van der Waals surface area contributed by atoms with Crippen LogP contribution in [0.25, 0.3) is 22.3 Å². The zero-order valence-electron chi connectivity index (χ0n) is 32.5. The average Bonchev–Trinajstić information content (AvgIpc) is 3.17. The summed E-state index contributed by atoms with van der Waals surface area (Å²) in [5.74, 6) is 0. The highest BCUT2D eigenvalue weighted by Gasteiger charge is 2.44. The van der Waals surface area contributed by atoms with Crippen molar-refractivity contribution in [2.45, 2.75) is 59.3 Å². The molecule has 0 saturated carbocycles. The Kier molecular flexibility index (Phi) is 7.97. The summed E-state index contributed by atoms with van der Waals surface area (Å²) in [6.07, 6.45) is 0. The summed E-state index contributed by atoms with van der Waals surface area (Å²) in [7, 11) is 0. The minimum atomic E-state index is 0.00483. The monoisotopic (exact) mass is 698 g/mol. The first-order valence-corrected chi connectivity index (χ1v) is 19.3. The van der Waals surface area contributed by atoms with Crippen molar-refractivity contribution in [1.82, 2.24) is 0 Å². The lowest BCUT2D eigenvalue weighted by Gasteiger charge is -2.45. The van der Waals surface area contributed by atoms with E-state index < -0.39 is 0 Å². The van der Waals surface area contributed by atoms with Crippen molar-refractivity contribution >= 4 is 57.2 Å². The molecule has 0 amide bonds. The van der Waals surface area contributed by atoms with Gasteiger partial charge in [-0.05, 0) is 122 Å². The standard InChI is InChI=1S/C51H47BN2/c1-34-30-47-49-48(31-34)54(42-26-20-38(21-27-42)36-16-12-9-13-17-36)46-29-23-40(51(5,6)7)33-44(46)52(49)43-32-39(50(2,3)4)22-28-45(43)53(47)41-24-18-37(19-25-41)35-14-10-8-11-15-35/h8-33H,1-7H3.